The topological polar surface area (TPSA) is 12.0 Å². The summed E-state index contributed by atoms with van der Waals surface area (Å²) in [6.07, 6.45) is 3.41. The molecule has 1 aromatic rings. The molecular formula is C18H29N. The van der Waals surface area contributed by atoms with E-state index in [9.17, 15) is 0 Å². The molecule has 0 aromatic heterocycles. The highest BCUT2D eigenvalue weighted by Gasteiger charge is 2.12. The quantitative estimate of drug-likeness (QED) is 0.751. The summed E-state index contributed by atoms with van der Waals surface area (Å²) in [5.41, 5.74) is 4.33. The molecule has 1 rings (SSSR count). The summed E-state index contributed by atoms with van der Waals surface area (Å²) in [5.74, 6) is 0. The second-order valence-corrected chi connectivity index (χ2v) is 6.61. The molecule has 0 amide bonds. The maximum absolute atomic E-state index is 3.44. The van der Waals surface area contributed by atoms with Crippen molar-refractivity contribution >= 4 is 5.57 Å². The second-order valence-electron chi connectivity index (χ2n) is 6.61. The van der Waals surface area contributed by atoms with Gasteiger partial charge >= 0.3 is 0 Å². The van der Waals surface area contributed by atoms with Gasteiger partial charge < -0.3 is 5.32 Å². The Morgan fingerprint density at radius 2 is 1.74 bits per heavy atom. The van der Waals surface area contributed by atoms with E-state index in [4.69, 9.17) is 0 Å². The van der Waals surface area contributed by atoms with Gasteiger partial charge in [0.25, 0.3) is 0 Å². The summed E-state index contributed by atoms with van der Waals surface area (Å²) in [7, 11) is 0. The minimum atomic E-state index is 0.233. The van der Waals surface area contributed by atoms with Crippen LogP contribution in [0.3, 0.4) is 0 Å². The highest BCUT2D eigenvalue weighted by molar-refractivity contribution is 5.63. The first-order valence-corrected chi connectivity index (χ1v) is 7.32. The van der Waals surface area contributed by atoms with Crippen LogP contribution in [0.15, 0.2) is 30.3 Å². The Bertz CT molecular complexity index is 404. The SMILES string of the molecule is CC(=CCCNC(C)C)c1ccc(C(C)(C)C)cc1. The minimum Gasteiger partial charge on any atom is -0.314 e. The predicted molar refractivity (Wildman–Crippen MR) is 86.5 cm³/mol. The summed E-state index contributed by atoms with van der Waals surface area (Å²) in [4.78, 5) is 0. The van der Waals surface area contributed by atoms with E-state index in [1.165, 1.54) is 16.7 Å². The molecule has 0 aliphatic rings. The van der Waals surface area contributed by atoms with E-state index < -0.39 is 0 Å². The summed E-state index contributed by atoms with van der Waals surface area (Å²) in [5, 5.41) is 3.44. The molecular weight excluding hydrogens is 230 g/mol. The van der Waals surface area contributed by atoms with Gasteiger partial charge in [-0.3, -0.25) is 0 Å². The largest absolute Gasteiger partial charge is 0.314 e. The normalized spacial score (nSPS) is 13.1. The van der Waals surface area contributed by atoms with Gasteiger partial charge in [0.15, 0.2) is 0 Å². The third-order valence-corrected chi connectivity index (χ3v) is 3.35. The molecule has 0 saturated heterocycles. The Kier molecular flexibility index (Phi) is 5.81. The van der Waals surface area contributed by atoms with Crippen LogP contribution in [0, 0.1) is 0 Å². The molecule has 0 saturated carbocycles. The van der Waals surface area contributed by atoms with E-state index >= 15 is 0 Å². The van der Waals surface area contributed by atoms with Crippen LogP contribution >= 0.6 is 0 Å². The Hall–Kier alpha value is -1.08. The maximum Gasteiger partial charge on any atom is 0.00105 e. The Morgan fingerprint density at radius 3 is 2.21 bits per heavy atom. The van der Waals surface area contributed by atoms with Gasteiger partial charge in [-0.25, -0.2) is 0 Å². The smallest absolute Gasteiger partial charge is 0.00105 e. The molecule has 0 bridgehead atoms. The van der Waals surface area contributed by atoms with E-state index in [1.54, 1.807) is 0 Å². The molecule has 1 nitrogen and oxygen atoms in total. The van der Waals surface area contributed by atoms with Gasteiger partial charge in [-0.2, -0.15) is 0 Å². The van der Waals surface area contributed by atoms with Crippen LogP contribution in [-0.2, 0) is 5.41 Å². The van der Waals surface area contributed by atoms with Gasteiger partial charge in [-0.1, -0.05) is 65.0 Å². The molecule has 0 fully saturated rings. The highest BCUT2D eigenvalue weighted by atomic mass is 14.9. The van der Waals surface area contributed by atoms with Crippen molar-refractivity contribution in [3.05, 3.63) is 41.5 Å². The molecule has 1 aromatic carbocycles. The first-order valence-electron chi connectivity index (χ1n) is 7.32. The standard InChI is InChI=1S/C18H29N/c1-14(2)19-13-7-8-15(3)16-9-11-17(12-10-16)18(4,5)6/h8-12,14,19H,7,13H2,1-6H3. The van der Waals surface area contributed by atoms with Crippen molar-refractivity contribution in [1.82, 2.24) is 5.32 Å². The number of benzene rings is 1. The van der Waals surface area contributed by atoms with Crippen LogP contribution in [0.5, 0.6) is 0 Å². The average Bonchev–Trinajstić information content (AvgIpc) is 2.33. The second kappa shape index (κ2) is 6.91. The third-order valence-electron chi connectivity index (χ3n) is 3.35. The molecule has 0 aliphatic carbocycles. The van der Waals surface area contributed by atoms with E-state index in [1.807, 2.05) is 0 Å². The van der Waals surface area contributed by atoms with Crippen LogP contribution in [0.25, 0.3) is 5.57 Å². The van der Waals surface area contributed by atoms with E-state index in [-0.39, 0.29) is 5.41 Å². The molecule has 0 aliphatic heterocycles. The molecule has 1 N–H and O–H groups in total. The van der Waals surface area contributed by atoms with Crippen molar-refractivity contribution in [3.8, 4) is 0 Å². The molecule has 19 heavy (non-hydrogen) atoms. The Morgan fingerprint density at radius 1 is 1.16 bits per heavy atom. The molecule has 106 valence electrons. The fourth-order valence-electron chi connectivity index (χ4n) is 2.01. The summed E-state index contributed by atoms with van der Waals surface area (Å²) >= 11 is 0. The van der Waals surface area contributed by atoms with Crippen molar-refractivity contribution in [2.75, 3.05) is 6.54 Å². The zero-order valence-electron chi connectivity index (χ0n) is 13.4. The summed E-state index contributed by atoms with van der Waals surface area (Å²) in [6.45, 7) is 14.4. The molecule has 1 heteroatoms. The van der Waals surface area contributed by atoms with Gasteiger partial charge in [0.05, 0.1) is 0 Å². The van der Waals surface area contributed by atoms with Gasteiger partial charge in [-0.05, 0) is 42.0 Å². The van der Waals surface area contributed by atoms with Crippen LogP contribution in [0.2, 0.25) is 0 Å². The van der Waals surface area contributed by atoms with Crippen LogP contribution in [-0.4, -0.2) is 12.6 Å². The van der Waals surface area contributed by atoms with E-state index in [0.717, 1.165) is 13.0 Å². The Labute approximate surface area is 119 Å². The Balaban J connectivity index is 2.62. The lowest BCUT2D eigenvalue weighted by molar-refractivity contribution is 0.590. The van der Waals surface area contributed by atoms with E-state index in [0.29, 0.717) is 6.04 Å². The van der Waals surface area contributed by atoms with Gasteiger partial charge in [0, 0.05) is 6.04 Å². The lowest BCUT2D eigenvalue weighted by atomic mass is 9.86. The van der Waals surface area contributed by atoms with Gasteiger partial charge in [0.2, 0.25) is 0 Å². The van der Waals surface area contributed by atoms with Crippen LogP contribution in [0.4, 0.5) is 0 Å². The maximum atomic E-state index is 3.44. The zero-order valence-corrected chi connectivity index (χ0v) is 13.4. The van der Waals surface area contributed by atoms with Crippen molar-refractivity contribution < 1.29 is 0 Å². The minimum absolute atomic E-state index is 0.233. The molecule has 0 unspecified atom stereocenters. The lowest BCUT2D eigenvalue weighted by Gasteiger charge is -2.19. The average molecular weight is 259 g/mol. The number of rotatable bonds is 5. The first kappa shape index (κ1) is 16.0. The summed E-state index contributed by atoms with van der Waals surface area (Å²) in [6, 6.07) is 9.54. The van der Waals surface area contributed by atoms with Crippen LogP contribution in [0.1, 0.15) is 59.1 Å². The molecule has 0 heterocycles. The monoisotopic (exact) mass is 259 g/mol. The molecule has 0 radical (unpaired) electrons. The molecule has 0 spiro atoms. The van der Waals surface area contributed by atoms with Crippen molar-refractivity contribution in [1.29, 1.82) is 0 Å². The number of hydrogen-bond donors (Lipinski definition) is 1. The fourth-order valence-corrected chi connectivity index (χ4v) is 2.01. The number of allylic oxidation sites excluding steroid dienone is 1. The predicted octanol–water partition coefficient (Wildman–Crippen LogP) is 4.78. The van der Waals surface area contributed by atoms with Gasteiger partial charge in [0.1, 0.15) is 0 Å². The number of nitrogens with one attached hydrogen (secondary N) is 1. The van der Waals surface area contributed by atoms with Crippen molar-refractivity contribution in [2.24, 2.45) is 0 Å². The van der Waals surface area contributed by atoms with Crippen molar-refractivity contribution in [3.63, 3.8) is 0 Å². The molecule has 0 atom stereocenters. The highest BCUT2D eigenvalue weighted by Crippen LogP contribution is 2.24. The first-order chi connectivity index (χ1) is 8.80. The van der Waals surface area contributed by atoms with E-state index in [2.05, 4.69) is 77.2 Å². The lowest BCUT2D eigenvalue weighted by Crippen LogP contribution is -2.23. The van der Waals surface area contributed by atoms with Crippen molar-refractivity contribution in [2.45, 2.75) is 59.4 Å². The third kappa shape index (κ3) is 5.61. The summed E-state index contributed by atoms with van der Waals surface area (Å²) < 4.78 is 0. The number of hydrogen-bond acceptors (Lipinski definition) is 1. The zero-order chi connectivity index (χ0) is 14.5. The van der Waals surface area contributed by atoms with Gasteiger partial charge in [-0.15, -0.1) is 0 Å². The van der Waals surface area contributed by atoms with Crippen LogP contribution < -0.4 is 5.32 Å². The fraction of sp³-hybridized carbons (Fsp3) is 0.556.